The van der Waals surface area contributed by atoms with Crippen molar-refractivity contribution >= 4 is 33.4 Å². The fourth-order valence-corrected chi connectivity index (χ4v) is 3.36. The molecule has 1 fully saturated rings. The van der Waals surface area contributed by atoms with Crippen molar-refractivity contribution < 1.29 is 19.1 Å². The van der Waals surface area contributed by atoms with E-state index in [0.29, 0.717) is 36.0 Å². The second-order valence-electron chi connectivity index (χ2n) is 6.77. The molecule has 0 atom stereocenters. The van der Waals surface area contributed by atoms with Gasteiger partial charge in [0, 0.05) is 10.5 Å². The Balaban J connectivity index is 1.74. The van der Waals surface area contributed by atoms with E-state index in [-0.39, 0.29) is 24.3 Å². The van der Waals surface area contributed by atoms with Gasteiger partial charge in [-0.15, -0.1) is 0 Å². The van der Waals surface area contributed by atoms with Gasteiger partial charge in [-0.2, -0.15) is 0 Å². The SMILES string of the molecule is CCOc1cc(Br)c(CC(=O)Nc2ccccc2C(=O)NC2CC2)cc1OCC. The maximum absolute atomic E-state index is 12.7. The summed E-state index contributed by atoms with van der Waals surface area (Å²) in [5, 5.41) is 5.81. The predicted molar refractivity (Wildman–Crippen MR) is 116 cm³/mol. The number of anilines is 1. The van der Waals surface area contributed by atoms with Gasteiger partial charge in [0.15, 0.2) is 11.5 Å². The smallest absolute Gasteiger partial charge is 0.253 e. The normalized spacial score (nSPS) is 12.9. The molecule has 0 radical (unpaired) electrons. The van der Waals surface area contributed by atoms with Gasteiger partial charge in [0.1, 0.15) is 0 Å². The van der Waals surface area contributed by atoms with Crippen LogP contribution in [0.1, 0.15) is 42.6 Å². The second kappa shape index (κ2) is 9.78. The van der Waals surface area contributed by atoms with Crippen LogP contribution in [0.15, 0.2) is 40.9 Å². The third kappa shape index (κ3) is 5.73. The lowest BCUT2D eigenvalue weighted by atomic mass is 10.1. The monoisotopic (exact) mass is 460 g/mol. The lowest BCUT2D eigenvalue weighted by Gasteiger charge is -2.15. The van der Waals surface area contributed by atoms with Crippen LogP contribution in [0.4, 0.5) is 5.69 Å². The Morgan fingerprint density at radius 3 is 2.38 bits per heavy atom. The predicted octanol–water partition coefficient (Wildman–Crippen LogP) is 4.32. The van der Waals surface area contributed by atoms with Crippen LogP contribution in [0.5, 0.6) is 11.5 Å². The van der Waals surface area contributed by atoms with Crippen molar-refractivity contribution in [2.24, 2.45) is 0 Å². The number of para-hydroxylation sites is 1. The molecule has 29 heavy (non-hydrogen) atoms. The highest BCUT2D eigenvalue weighted by molar-refractivity contribution is 9.10. The second-order valence-corrected chi connectivity index (χ2v) is 7.63. The molecule has 0 aliphatic heterocycles. The number of carbonyl (C=O) groups is 2. The van der Waals surface area contributed by atoms with Crippen LogP contribution >= 0.6 is 15.9 Å². The lowest BCUT2D eigenvalue weighted by molar-refractivity contribution is -0.115. The Kier molecular flexibility index (Phi) is 7.14. The molecule has 3 rings (SSSR count). The number of rotatable bonds is 9. The van der Waals surface area contributed by atoms with Gasteiger partial charge in [0.05, 0.1) is 30.9 Å². The first-order chi connectivity index (χ1) is 14.0. The number of halogens is 1. The average molecular weight is 461 g/mol. The summed E-state index contributed by atoms with van der Waals surface area (Å²) in [6, 6.07) is 10.9. The van der Waals surface area contributed by atoms with Gasteiger partial charge in [-0.3, -0.25) is 9.59 Å². The van der Waals surface area contributed by atoms with Gasteiger partial charge in [-0.25, -0.2) is 0 Å². The third-order valence-corrected chi connectivity index (χ3v) is 5.16. The number of amides is 2. The van der Waals surface area contributed by atoms with E-state index >= 15 is 0 Å². The van der Waals surface area contributed by atoms with E-state index < -0.39 is 0 Å². The fraction of sp³-hybridized carbons (Fsp3) is 0.364. The van der Waals surface area contributed by atoms with Crippen molar-refractivity contribution in [2.45, 2.75) is 39.2 Å². The Hall–Kier alpha value is -2.54. The molecule has 0 spiro atoms. The van der Waals surface area contributed by atoms with E-state index in [1.165, 1.54) is 0 Å². The zero-order chi connectivity index (χ0) is 20.8. The van der Waals surface area contributed by atoms with Gasteiger partial charge in [0.25, 0.3) is 5.91 Å². The zero-order valence-corrected chi connectivity index (χ0v) is 18.2. The summed E-state index contributed by atoms with van der Waals surface area (Å²) in [6.45, 7) is 4.82. The van der Waals surface area contributed by atoms with Gasteiger partial charge in [-0.1, -0.05) is 28.1 Å². The quantitative estimate of drug-likeness (QED) is 0.583. The average Bonchev–Trinajstić information content (AvgIpc) is 3.50. The number of nitrogens with one attached hydrogen (secondary N) is 2. The van der Waals surface area contributed by atoms with Crippen molar-refractivity contribution in [3.63, 3.8) is 0 Å². The molecule has 2 aromatic rings. The largest absolute Gasteiger partial charge is 0.490 e. The van der Waals surface area contributed by atoms with Crippen molar-refractivity contribution in [1.29, 1.82) is 0 Å². The van der Waals surface area contributed by atoms with Crippen LogP contribution in [-0.2, 0) is 11.2 Å². The minimum atomic E-state index is -0.219. The zero-order valence-electron chi connectivity index (χ0n) is 16.6. The molecule has 0 bridgehead atoms. The number of ether oxygens (including phenoxy) is 2. The number of hydrogen-bond acceptors (Lipinski definition) is 4. The van der Waals surface area contributed by atoms with Gasteiger partial charge in [-0.05, 0) is 56.5 Å². The topological polar surface area (TPSA) is 76.7 Å². The molecule has 1 aliphatic carbocycles. The van der Waals surface area contributed by atoms with Crippen LogP contribution in [0.3, 0.4) is 0 Å². The summed E-state index contributed by atoms with van der Waals surface area (Å²) in [4.78, 5) is 25.1. The molecule has 0 unspecified atom stereocenters. The van der Waals surface area contributed by atoms with E-state index in [4.69, 9.17) is 9.47 Å². The summed E-state index contributed by atoms with van der Waals surface area (Å²) in [5.74, 6) is 0.852. The molecular weight excluding hydrogens is 436 g/mol. The van der Waals surface area contributed by atoms with Crippen LogP contribution in [0.25, 0.3) is 0 Å². The molecule has 1 saturated carbocycles. The Bertz CT molecular complexity index is 896. The first-order valence-electron chi connectivity index (χ1n) is 9.79. The third-order valence-electron chi connectivity index (χ3n) is 4.42. The van der Waals surface area contributed by atoms with Crippen LogP contribution in [-0.4, -0.2) is 31.1 Å². The summed E-state index contributed by atoms with van der Waals surface area (Å²) >= 11 is 3.51. The number of carbonyl (C=O) groups excluding carboxylic acids is 2. The Labute approximate surface area is 179 Å². The summed E-state index contributed by atoms with van der Waals surface area (Å²) in [7, 11) is 0. The standard InChI is InChI=1S/C22H25BrN2O4/c1-3-28-19-11-14(17(23)13-20(19)29-4-2)12-21(26)25-18-8-6-5-7-16(18)22(27)24-15-9-10-15/h5-8,11,13,15H,3-4,9-10,12H2,1-2H3,(H,24,27)(H,25,26). The van der Waals surface area contributed by atoms with Crippen molar-refractivity contribution in [3.8, 4) is 11.5 Å². The molecule has 0 aromatic heterocycles. The summed E-state index contributed by atoms with van der Waals surface area (Å²) in [5.41, 5.74) is 1.74. The molecule has 0 heterocycles. The first-order valence-corrected chi connectivity index (χ1v) is 10.6. The molecule has 0 saturated heterocycles. The maximum Gasteiger partial charge on any atom is 0.253 e. The van der Waals surface area contributed by atoms with Crippen molar-refractivity contribution in [2.75, 3.05) is 18.5 Å². The van der Waals surface area contributed by atoms with Gasteiger partial charge in [0.2, 0.25) is 5.91 Å². The lowest BCUT2D eigenvalue weighted by Crippen LogP contribution is -2.27. The van der Waals surface area contributed by atoms with Crippen molar-refractivity contribution in [3.05, 3.63) is 52.0 Å². The molecule has 2 amide bonds. The number of hydrogen-bond donors (Lipinski definition) is 2. The van der Waals surface area contributed by atoms with E-state index in [2.05, 4.69) is 26.6 Å². The fourth-order valence-electron chi connectivity index (χ4n) is 2.90. The van der Waals surface area contributed by atoms with E-state index in [9.17, 15) is 9.59 Å². The van der Waals surface area contributed by atoms with Crippen molar-refractivity contribution in [1.82, 2.24) is 5.32 Å². The minimum Gasteiger partial charge on any atom is -0.490 e. The Morgan fingerprint density at radius 1 is 1.07 bits per heavy atom. The highest BCUT2D eigenvalue weighted by Gasteiger charge is 2.25. The first kappa shape index (κ1) is 21.2. The molecule has 2 N–H and O–H groups in total. The highest BCUT2D eigenvalue weighted by Crippen LogP contribution is 2.34. The molecule has 2 aromatic carbocycles. The van der Waals surface area contributed by atoms with Gasteiger partial charge < -0.3 is 20.1 Å². The molecule has 6 nitrogen and oxygen atoms in total. The molecule has 1 aliphatic rings. The van der Waals surface area contributed by atoms with Crippen LogP contribution < -0.4 is 20.1 Å². The van der Waals surface area contributed by atoms with Crippen LogP contribution in [0.2, 0.25) is 0 Å². The van der Waals surface area contributed by atoms with E-state index in [1.807, 2.05) is 26.0 Å². The van der Waals surface area contributed by atoms with E-state index in [0.717, 1.165) is 22.9 Å². The molecular formula is C22H25BrN2O4. The number of benzene rings is 2. The van der Waals surface area contributed by atoms with E-state index in [1.54, 1.807) is 24.3 Å². The minimum absolute atomic E-state index is 0.131. The summed E-state index contributed by atoms with van der Waals surface area (Å²) in [6.07, 6.45) is 2.15. The Morgan fingerprint density at radius 2 is 1.72 bits per heavy atom. The van der Waals surface area contributed by atoms with Gasteiger partial charge >= 0.3 is 0 Å². The van der Waals surface area contributed by atoms with Crippen LogP contribution in [0, 0.1) is 0 Å². The highest BCUT2D eigenvalue weighted by atomic mass is 79.9. The molecule has 7 heteroatoms. The summed E-state index contributed by atoms with van der Waals surface area (Å²) < 4.78 is 12.0. The maximum atomic E-state index is 12.7. The molecule has 154 valence electrons.